The number of hydrogen-bond donors (Lipinski definition) is 2. The van der Waals surface area contributed by atoms with Gasteiger partial charge in [0.25, 0.3) is 0 Å². The van der Waals surface area contributed by atoms with Crippen molar-refractivity contribution in [3.05, 3.63) is 23.8 Å². The van der Waals surface area contributed by atoms with Crippen LogP contribution in [-0.2, 0) is 19.2 Å². The lowest BCUT2D eigenvalue weighted by Gasteiger charge is -2.09. The zero-order valence-electron chi connectivity index (χ0n) is 12.2. The van der Waals surface area contributed by atoms with Gasteiger partial charge in [0.05, 0.1) is 24.1 Å². The van der Waals surface area contributed by atoms with Gasteiger partial charge in [-0.15, -0.1) is 0 Å². The van der Waals surface area contributed by atoms with Gasteiger partial charge in [0, 0.05) is 5.69 Å². The maximum absolute atomic E-state index is 11.5. The largest absolute Gasteiger partial charge is 0.326 e. The van der Waals surface area contributed by atoms with Gasteiger partial charge in [0.2, 0.25) is 11.8 Å². The number of amides is 2. The van der Waals surface area contributed by atoms with Crippen molar-refractivity contribution in [3.8, 4) is 6.07 Å². The molecule has 1 aromatic rings. The molecular formula is C15H15N3O4. The zero-order chi connectivity index (χ0) is 16.7. The molecule has 7 heteroatoms. The van der Waals surface area contributed by atoms with Crippen LogP contribution in [0.3, 0.4) is 0 Å². The van der Waals surface area contributed by atoms with Gasteiger partial charge >= 0.3 is 0 Å². The quantitative estimate of drug-likeness (QED) is 0.770. The van der Waals surface area contributed by atoms with Crippen LogP contribution in [0.25, 0.3) is 0 Å². The summed E-state index contributed by atoms with van der Waals surface area (Å²) in [6.45, 7) is 2.59. The summed E-state index contributed by atoms with van der Waals surface area (Å²) in [5.74, 6) is -1.56. The second-order valence-corrected chi connectivity index (χ2v) is 4.73. The van der Waals surface area contributed by atoms with Crippen LogP contribution < -0.4 is 10.6 Å². The molecule has 2 amide bonds. The van der Waals surface area contributed by atoms with Crippen LogP contribution in [0.2, 0.25) is 0 Å². The molecule has 0 aliphatic rings. The number of carbonyl (C=O) groups excluding carboxylic acids is 4. The fraction of sp³-hybridized carbons (Fsp3) is 0.267. The standard InChI is InChI=1S/C15H15N3O4/c1-9(19)5-14(21)17-12-3-4-13(11(7-12)8-16)18-15(22)6-10(2)20/h3-4,7H,5-6H2,1-2H3,(H,17,21)(H,18,22). The minimum atomic E-state index is -0.516. The Bertz CT molecular complexity index is 674. The van der Waals surface area contributed by atoms with Gasteiger partial charge < -0.3 is 10.6 Å². The van der Waals surface area contributed by atoms with Crippen LogP contribution in [0.1, 0.15) is 32.3 Å². The molecule has 0 fully saturated rings. The number of rotatable bonds is 6. The Morgan fingerprint density at radius 1 is 1.00 bits per heavy atom. The lowest BCUT2D eigenvalue weighted by molar-refractivity contribution is -0.125. The minimum Gasteiger partial charge on any atom is -0.326 e. The average molecular weight is 301 g/mol. The van der Waals surface area contributed by atoms with Gasteiger partial charge in [-0.25, -0.2) is 0 Å². The van der Waals surface area contributed by atoms with Crippen LogP contribution in [0, 0.1) is 11.3 Å². The Labute approximate surface area is 127 Å². The summed E-state index contributed by atoms with van der Waals surface area (Å²) >= 11 is 0. The summed E-state index contributed by atoms with van der Waals surface area (Å²) in [5, 5.41) is 14.0. The number of nitrogens with zero attached hydrogens (tertiary/aromatic N) is 1. The minimum absolute atomic E-state index is 0.137. The molecule has 1 aromatic carbocycles. The summed E-state index contributed by atoms with van der Waals surface area (Å²) in [4.78, 5) is 44.7. The third-order valence-electron chi connectivity index (χ3n) is 2.52. The van der Waals surface area contributed by atoms with Crippen molar-refractivity contribution >= 4 is 34.8 Å². The first-order chi connectivity index (χ1) is 10.3. The fourth-order valence-electron chi connectivity index (χ4n) is 1.68. The van der Waals surface area contributed by atoms with Crippen LogP contribution in [0.4, 0.5) is 11.4 Å². The molecule has 2 N–H and O–H groups in total. The molecule has 0 aromatic heterocycles. The Kier molecular flexibility index (Phi) is 5.96. The van der Waals surface area contributed by atoms with Gasteiger partial charge in [0.15, 0.2) is 0 Å². The van der Waals surface area contributed by atoms with Crippen molar-refractivity contribution in [2.45, 2.75) is 26.7 Å². The first kappa shape index (κ1) is 17.0. The first-order valence-electron chi connectivity index (χ1n) is 6.44. The van der Waals surface area contributed by atoms with Crippen molar-refractivity contribution in [3.63, 3.8) is 0 Å². The predicted molar refractivity (Wildman–Crippen MR) is 79.0 cm³/mol. The second kappa shape index (κ2) is 7.69. The Morgan fingerprint density at radius 2 is 1.55 bits per heavy atom. The number of hydrogen-bond acceptors (Lipinski definition) is 5. The molecule has 0 saturated heterocycles. The highest BCUT2D eigenvalue weighted by Crippen LogP contribution is 2.20. The van der Waals surface area contributed by atoms with Crippen LogP contribution >= 0.6 is 0 Å². The lowest BCUT2D eigenvalue weighted by Crippen LogP contribution is -2.17. The van der Waals surface area contributed by atoms with Gasteiger partial charge in [-0.1, -0.05) is 0 Å². The zero-order valence-corrected chi connectivity index (χ0v) is 12.2. The van der Waals surface area contributed by atoms with Crippen LogP contribution in [0.5, 0.6) is 0 Å². The van der Waals surface area contributed by atoms with E-state index in [0.717, 1.165) is 0 Å². The number of ketones is 2. The van der Waals surface area contributed by atoms with E-state index in [1.807, 2.05) is 6.07 Å². The molecule has 7 nitrogen and oxygen atoms in total. The monoisotopic (exact) mass is 301 g/mol. The second-order valence-electron chi connectivity index (χ2n) is 4.73. The smallest absolute Gasteiger partial charge is 0.231 e. The van der Waals surface area contributed by atoms with Crippen molar-refractivity contribution in [1.29, 1.82) is 5.26 Å². The number of Topliss-reactive ketones (excluding diaryl/α,β-unsaturated/α-hetero) is 2. The SMILES string of the molecule is CC(=O)CC(=O)Nc1ccc(NC(=O)CC(C)=O)c(C#N)c1. The highest BCUT2D eigenvalue weighted by atomic mass is 16.2. The van der Waals surface area contributed by atoms with E-state index in [2.05, 4.69) is 10.6 Å². The molecule has 0 aliphatic carbocycles. The van der Waals surface area contributed by atoms with Gasteiger partial charge in [0.1, 0.15) is 17.6 Å². The van der Waals surface area contributed by atoms with Crippen molar-refractivity contribution in [2.24, 2.45) is 0 Å². The maximum Gasteiger partial charge on any atom is 0.231 e. The van der Waals surface area contributed by atoms with Crippen molar-refractivity contribution < 1.29 is 19.2 Å². The molecule has 0 unspecified atom stereocenters. The molecular weight excluding hydrogens is 286 g/mol. The molecule has 0 aliphatic heterocycles. The van der Waals surface area contributed by atoms with E-state index in [1.54, 1.807) is 0 Å². The van der Waals surface area contributed by atoms with E-state index < -0.39 is 11.8 Å². The highest BCUT2D eigenvalue weighted by molar-refractivity contribution is 6.05. The number of nitrogens with one attached hydrogen (secondary N) is 2. The molecule has 114 valence electrons. The van der Waals surface area contributed by atoms with E-state index in [1.165, 1.54) is 32.0 Å². The molecule has 0 saturated carbocycles. The van der Waals surface area contributed by atoms with Crippen molar-refractivity contribution in [1.82, 2.24) is 0 Å². The molecule has 1 rings (SSSR count). The summed E-state index contributed by atoms with van der Waals surface area (Å²) in [6, 6.07) is 6.20. The Hall–Kier alpha value is -3.01. The van der Waals surface area contributed by atoms with Crippen molar-refractivity contribution in [2.75, 3.05) is 10.6 Å². The molecule has 0 bridgehead atoms. The third-order valence-corrected chi connectivity index (χ3v) is 2.52. The summed E-state index contributed by atoms with van der Waals surface area (Å²) in [5.41, 5.74) is 0.725. The fourth-order valence-corrected chi connectivity index (χ4v) is 1.68. The van der Waals surface area contributed by atoms with Gasteiger partial charge in [-0.05, 0) is 32.0 Å². The van der Waals surface area contributed by atoms with Gasteiger partial charge in [-0.3, -0.25) is 19.2 Å². The van der Waals surface area contributed by atoms with E-state index in [-0.39, 0.29) is 35.7 Å². The van der Waals surface area contributed by atoms with E-state index >= 15 is 0 Å². The van der Waals surface area contributed by atoms with Crippen LogP contribution in [0.15, 0.2) is 18.2 Å². The molecule has 0 heterocycles. The number of anilines is 2. The molecule has 22 heavy (non-hydrogen) atoms. The summed E-state index contributed by atoms with van der Waals surface area (Å²) in [7, 11) is 0. The first-order valence-corrected chi connectivity index (χ1v) is 6.44. The lowest BCUT2D eigenvalue weighted by atomic mass is 10.1. The summed E-state index contributed by atoms with van der Waals surface area (Å²) in [6.07, 6.45) is -0.527. The van der Waals surface area contributed by atoms with Crippen LogP contribution in [-0.4, -0.2) is 23.4 Å². The number of benzene rings is 1. The topological polar surface area (TPSA) is 116 Å². The average Bonchev–Trinajstić information content (AvgIpc) is 2.38. The van der Waals surface area contributed by atoms with Gasteiger partial charge in [-0.2, -0.15) is 5.26 Å². The maximum atomic E-state index is 11.5. The Balaban J connectivity index is 2.85. The molecule has 0 radical (unpaired) electrons. The highest BCUT2D eigenvalue weighted by Gasteiger charge is 2.11. The number of carbonyl (C=O) groups is 4. The Morgan fingerprint density at radius 3 is 2.05 bits per heavy atom. The van der Waals surface area contributed by atoms with E-state index in [0.29, 0.717) is 5.69 Å². The number of nitriles is 1. The van der Waals surface area contributed by atoms with E-state index in [4.69, 9.17) is 5.26 Å². The summed E-state index contributed by atoms with van der Waals surface area (Å²) < 4.78 is 0. The van der Waals surface area contributed by atoms with E-state index in [9.17, 15) is 19.2 Å². The third kappa shape index (κ3) is 5.54. The molecule has 0 spiro atoms. The normalized spacial score (nSPS) is 9.50. The molecule has 0 atom stereocenters. The predicted octanol–water partition coefficient (Wildman–Crippen LogP) is 1.39.